The Morgan fingerprint density at radius 1 is 1.18 bits per heavy atom. The van der Waals surface area contributed by atoms with E-state index in [4.69, 9.17) is 15.6 Å². The van der Waals surface area contributed by atoms with Gasteiger partial charge in [0.1, 0.15) is 5.75 Å². The molecule has 0 aromatic heterocycles. The Hall–Kier alpha value is -2.10. The van der Waals surface area contributed by atoms with Crippen LogP contribution in [0.2, 0.25) is 0 Å². The van der Waals surface area contributed by atoms with Crippen LogP contribution in [0.5, 0.6) is 5.75 Å². The summed E-state index contributed by atoms with van der Waals surface area (Å²) in [5.41, 5.74) is 11.5. The Kier molecular flexibility index (Phi) is 7.70. The van der Waals surface area contributed by atoms with Crippen molar-refractivity contribution >= 4 is 6.08 Å². The highest BCUT2D eigenvalue weighted by Crippen LogP contribution is 2.31. The van der Waals surface area contributed by atoms with E-state index in [1.165, 1.54) is 28.7 Å². The minimum atomic E-state index is 0.270. The fourth-order valence-electron chi connectivity index (χ4n) is 4.14. The number of aliphatic hydroxyl groups excluding tert-OH is 1. The highest BCUT2D eigenvalue weighted by molar-refractivity contribution is 5.52. The predicted molar refractivity (Wildman–Crippen MR) is 117 cm³/mol. The molecule has 2 aromatic rings. The van der Waals surface area contributed by atoms with Crippen molar-refractivity contribution in [2.24, 2.45) is 11.7 Å². The molecule has 2 atom stereocenters. The van der Waals surface area contributed by atoms with Gasteiger partial charge in [0.25, 0.3) is 0 Å². The third-order valence-corrected chi connectivity index (χ3v) is 5.87. The summed E-state index contributed by atoms with van der Waals surface area (Å²) in [4.78, 5) is 0. The van der Waals surface area contributed by atoms with E-state index in [9.17, 15) is 0 Å². The first-order chi connectivity index (χ1) is 13.7. The van der Waals surface area contributed by atoms with Gasteiger partial charge in [0, 0.05) is 6.61 Å². The van der Waals surface area contributed by atoms with E-state index < -0.39 is 0 Å². The predicted octanol–water partition coefficient (Wildman–Crippen LogP) is 4.72. The lowest BCUT2D eigenvalue weighted by molar-refractivity contribution is 0.281. The minimum Gasteiger partial charge on any atom is -0.497 e. The van der Waals surface area contributed by atoms with Crippen molar-refractivity contribution in [3.63, 3.8) is 0 Å². The maximum absolute atomic E-state index is 9.00. The third kappa shape index (κ3) is 5.46. The summed E-state index contributed by atoms with van der Waals surface area (Å²) >= 11 is 0. The van der Waals surface area contributed by atoms with Gasteiger partial charge in [0.2, 0.25) is 0 Å². The second-order valence-electron chi connectivity index (χ2n) is 7.82. The van der Waals surface area contributed by atoms with Crippen LogP contribution < -0.4 is 10.5 Å². The van der Waals surface area contributed by atoms with Crippen molar-refractivity contribution in [3.05, 3.63) is 70.8 Å². The first-order valence-electron chi connectivity index (χ1n) is 10.5. The van der Waals surface area contributed by atoms with Crippen LogP contribution in [-0.2, 0) is 12.8 Å². The van der Waals surface area contributed by atoms with E-state index in [2.05, 4.69) is 42.5 Å². The number of hydrogen-bond acceptors (Lipinski definition) is 3. The first-order valence-corrected chi connectivity index (χ1v) is 10.5. The van der Waals surface area contributed by atoms with Gasteiger partial charge in [0.15, 0.2) is 0 Å². The van der Waals surface area contributed by atoms with Gasteiger partial charge in [-0.25, -0.2) is 0 Å². The Labute approximate surface area is 169 Å². The van der Waals surface area contributed by atoms with Gasteiger partial charge < -0.3 is 15.6 Å². The zero-order valence-corrected chi connectivity index (χ0v) is 16.9. The molecule has 0 bridgehead atoms. The van der Waals surface area contributed by atoms with Crippen molar-refractivity contribution < 1.29 is 9.84 Å². The third-order valence-electron chi connectivity index (χ3n) is 5.87. The van der Waals surface area contributed by atoms with Gasteiger partial charge in [-0.2, -0.15) is 0 Å². The van der Waals surface area contributed by atoms with Crippen molar-refractivity contribution in [2.75, 3.05) is 20.3 Å². The summed E-state index contributed by atoms with van der Waals surface area (Å²) in [5, 5.41) is 9.00. The first kappa shape index (κ1) is 20.6. The summed E-state index contributed by atoms with van der Waals surface area (Å²) in [5.74, 6) is 1.89. The van der Waals surface area contributed by atoms with Crippen molar-refractivity contribution in [3.8, 4) is 5.75 Å². The average molecular weight is 380 g/mol. The molecule has 0 saturated carbocycles. The average Bonchev–Trinajstić information content (AvgIpc) is 2.75. The normalized spacial score (nSPS) is 17.5. The SMILES string of the molecule is COc1cccc(/C=C/[C@@H]2CCc3cc([C@H](CN)CCCCO)ccc3C2)c1. The number of benzene rings is 2. The zero-order valence-electron chi connectivity index (χ0n) is 16.9. The molecule has 0 fully saturated rings. The molecule has 3 rings (SSSR count). The van der Waals surface area contributed by atoms with Crippen molar-refractivity contribution in [1.82, 2.24) is 0 Å². The van der Waals surface area contributed by atoms with Crippen LogP contribution in [0.25, 0.3) is 6.08 Å². The van der Waals surface area contributed by atoms with Gasteiger partial charge in [-0.1, -0.05) is 48.9 Å². The van der Waals surface area contributed by atoms with Crippen LogP contribution in [0, 0.1) is 5.92 Å². The molecule has 3 nitrogen and oxygen atoms in total. The van der Waals surface area contributed by atoms with Gasteiger partial charge >= 0.3 is 0 Å². The second kappa shape index (κ2) is 10.4. The van der Waals surface area contributed by atoms with E-state index in [0.29, 0.717) is 18.4 Å². The largest absolute Gasteiger partial charge is 0.497 e. The van der Waals surface area contributed by atoms with Crippen molar-refractivity contribution in [1.29, 1.82) is 0 Å². The summed E-state index contributed by atoms with van der Waals surface area (Å²) in [6.07, 6.45) is 10.9. The molecule has 0 saturated heterocycles. The molecule has 0 spiro atoms. The molecule has 150 valence electrons. The number of rotatable bonds is 9. The lowest BCUT2D eigenvalue weighted by Crippen LogP contribution is -2.16. The molecule has 3 heteroatoms. The highest BCUT2D eigenvalue weighted by Gasteiger charge is 2.18. The number of fused-ring (bicyclic) bond motifs is 1. The number of nitrogens with two attached hydrogens (primary N) is 1. The molecule has 2 aromatic carbocycles. The van der Waals surface area contributed by atoms with Crippen LogP contribution in [-0.4, -0.2) is 25.4 Å². The fraction of sp³-hybridized carbons (Fsp3) is 0.440. The molecule has 28 heavy (non-hydrogen) atoms. The number of aliphatic hydroxyl groups is 1. The number of methoxy groups -OCH3 is 1. The van der Waals surface area contributed by atoms with Gasteiger partial charge in [-0.15, -0.1) is 0 Å². The molecule has 0 heterocycles. The summed E-state index contributed by atoms with van der Waals surface area (Å²) in [7, 11) is 1.71. The number of ether oxygens (including phenoxy) is 1. The molecule has 1 aliphatic carbocycles. The highest BCUT2D eigenvalue weighted by atomic mass is 16.5. The Morgan fingerprint density at radius 2 is 2.07 bits per heavy atom. The second-order valence-corrected chi connectivity index (χ2v) is 7.82. The van der Waals surface area contributed by atoms with E-state index in [0.717, 1.165) is 37.9 Å². The molecule has 3 N–H and O–H groups in total. The molecule has 0 aliphatic heterocycles. The van der Waals surface area contributed by atoms with E-state index in [1.54, 1.807) is 7.11 Å². The Morgan fingerprint density at radius 3 is 2.86 bits per heavy atom. The molecular formula is C25H33NO2. The van der Waals surface area contributed by atoms with Crippen LogP contribution in [0.4, 0.5) is 0 Å². The number of aryl methyl sites for hydroxylation is 1. The lowest BCUT2D eigenvalue weighted by atomic mass is 9.81. The van der Waals surface area contributed by atoms with Gasteiger partial charge in [0.05, 0.1) is 7.11 Å². The summed E-state index contributed by atoms with van der Waals surface area (Å²) in [6.45, 7) is 0.947. The number of unbranched alkanes of at least 4 members (excludes halogenated alkanes) is 1. The molecular weight excluding hydrogens is 346 g/mol. The van der Waals surface area contributed by atoms with Crippen molar-refractivity contribution in [2.45, 2.75) is 44.4 Å². The minimum absolute atomic E-state index is 0.270. The van der Waals surface area contributed by atoms with Gasteiger partial charge in [-0.05, 0) is 84.9 Å². The zero-order chi connectivity index (χ0) is 19.8. The lowest BCUT2D eigenvalue weighted by Gasteiger charge is -2.24. The summed E-state index contributed by atoms with van der Waals surface area (Å²) < 4.78 is 5.31. The van der Waals surface area contributed by atoms with Crippen LogP contribution in [0.1, 0.15) is 53.9 Å². The fourth-order valence-corrected chi connectivity index (χ4v) is 4.14. The Balaban J connectivity index is 1.64. The smallest absolute Gasteiger partial charge is 0.119 e. The van der Waals surface area contributed by atoms with Crippen LogP contribution >= 0.6 is 0 Å². The molecule has 0 amide bonds. The monoisotopic (exact) mass is 379 g/mol. The van der Waals surface area contributed by atoms with Crippen LogP contribution in [0.3, 0.4) is 0 Å². The van der Waals surface area contributed by atoms with E-state index >= 15 is 0 Å². The molecule has 0 unspecified atom stereocenters. The van der Waals surface area contributed by atoms with Gasteiger partial charge in [-0.3, -0.25) is 0 Å². The van der Waals surface area contributed by atoms with E-state index in [1.807, 2.05) is 12.1 Å². The quantitative estimate of drug-likeness (QED) is 0.620. The van der Waals surface area contributed by atoms with Crippen LogP contribution in [0.15, 0.2) is 48.5 Å². The molecule has 1 aliphatic rings. The topological polar surface area (TPSA) is 55.5 Å². The Bertz CT molecular complexity index is 784. The maximum Gasteiger partial charge on any atom is 0.119 e. The van der Waals surface area contributed by atoms with E-state index in [-0.39, 0.29) is 6.61 Å². The number of hydrogen-bond donors (Lipinski definition) is 2. The standard InChI is InChI=1S/C25H33NO2/c1-28-25-7-4-5-19(16-25)8-9-20-10-11-22-17-23(13-12-21(22)15-20)24(18-26)6-2-3-14-27/h4-5,7-9,12-13,16-17,20,24,27H,2-3,6,10-11,14-15,18,26H2,1H3/b9-8+/t20-,24+/m1/s1. The summed E-state index contributed by atoms with van der Waals surface area (Å²) in [6, 6.07) is 15.2. The maximum atomic E-state index is 9.00. The molecule has 0 radical (unpaired) electrons. The number of allylic oxidation sites excluding steroid dienone is 1.